The van der Waals surface area contributed by atoms with E-state index in [1.165, 1.54) is 29.5 Å². The SMILES string of the molecule is S=C(N/N=C\c1cccc(I)c1)NC1CN2CCC1CC2. The quantitative estimate of drug-likeness (QED) is 0.344. The molecule has 3 heterocycles. The summed E-state index contributed by atoms with van der Waals surface area (Å²) in [6.07, 6.45) is 4.37. The largest absolute Gasteiger partial charge is 0.357 e. The van der Waals surface area contributed by atoms with Gasteiger partial charge in [-0.15, -0.1) is 0 Å². The molecule has 112 valence electrons. The lowest BCUT2D eigenvalue weighted by Gasteiger charge is -2.45. The Hall–Kier alpha value is -0.730. The molecule has 1 atom stereocenters. The van der Waals surface area contributed by atoms with Crippen LogP contribution in [-0.2, 0) is 0 Å². The third-order valence-electron chi connectivity index (χ3n) is 4.20. The molecule has 0 aromatic heterocycles. The average Bonchev–Trinajstić information content (AvgIpc) is 2.48. The zero-order valence-electron chi connectivity index (χ0n) is 11.8. The molecule has 0 saturated carbocycles. The van der Waals surface area contributed by atoms with Gasteiger partial charge in [-0.25, -0.2) is 0 Å². The van der Waals surface area contributed by atoms with E-state index < -0.39 is 0 Å². The highest BCUT2D eigenvalue weighted by molar-refractivity contribution is 14.1. The minimum Gasteiger partial charge on any atom is -0.357 e. The molecule has 0 amide bonds. The molecule has 21 heavy (non-hydrogen) atoms. The molecule has 1 unspecified atom stereocenters. The molecule has 0 aliphatic carbocycles. The van der Waals surface area contributed by atoms with Gasteiger partial charge in [0.1, 0.15) is 0 Å². The topological polar surface area (TPSA) is 39.7 Å². The molecule has 2 N–H and O–H groups in total. The van der Waals surface area contributed by atoms with Crippen LogP contribution in [-0.4, -0.2) is 41.9 Å². The molecule has 4 rings (SSSR count). The molecule has 3 saturated heterocycles. The normalized spacial score (nSPS) is 27.8. The summed E-state index contributed by atoms with van der Waals surface area (Å²) in [5.41, 5.74) is 4.00. The van der Waals surface area contributed by atoms with Crippen LogP contribution >= 0.6 is 34.8 Å². The van der Waals surface area contributed by atoms with Crippen molar-refractivity contribution in [1.29, 1.82) is 0 Å². The number of thiocarbonyl (C=S) groups is 1. The summed E-state index contributed by atoms with van der Waals surface area (Å²) in [6, 6.07) is 8.66. The van der Waals surface area contributed by atoms with Crippen LogP contribution in [0.2, 0.25) is 0 Å². The summed E-state index contributed by atoms with van der Waals surface area (Å²) in [5.74, 6) is 0.759. The number of fused-ring (bicyclic) bond motifs is 3. The Kier molecular flexibility index (Phi) is 5.07. The lowest BCUT2D eigenvalue weighted by Crippen LogP contribution is -2.58. The van der Waals surface area contributed by atoms with Crippen molar-refractivity contribution in [2.75, 3.05) is 19.6 Å². The summed E-state index contributed by atoms with van der Waals surface area (Å²) in [4.78, 5) is 2.51. The van der Waals surface area contributed by atoms with Crippen LogP contribution in [0.3, 0.4) is 0 Å². The lowest BCUT2D eigenvalue weighted by molar-refractivity contribution is 0.0812. The van der Waals surface area contributed by atoms with Gasteiger partial charge in [-0.3, -0.25) is 5.43 Å². The number of hydrogen-bond acceptors (Lipinski definition) is 3. The number of benzene rings is 1. The molecule has 3 aliphatic rings. The van der Waals surface area contributed by atoms with E-state index >= 15 is 0 Å². The minimum atomic E-state index is 0.473. The Balaban J connectivity index is 1.48. The van der Waals surface area contributed by atoms with E-state index in [1.54, 1.807) is 6.21 Å². The molecule has 6 heteroatoms. The smallest absolute Gasteiger partial charge is 0.187 e. The zero-order valence-corrected chi connectivity index (χ0v) is 14.7. The second kappa shape index (κ2) is 7.02. The third-order valence-corrected chi connectivity index (χ3v) is 5.08. The molecule has 4 nitrogen and oxygen atoms in total. The highest BCUT2D eigenvalue weighted by Crippen LogP contribution is 2.27. The predicted molar refractivity (Wildman–Crippen MR) is 98.6 cm³/mol. The van der Waals surface area contributed by atoms with Crippen molar-refractivity contribution in [3.05, 3.63) is 33.4 Å². The number of piperidine rings is 3. The Labute approximate surface area is 144 Å². The lowest BCUT2D eigenvalue weighted by atomic mass is 9.84. The van der Waals surface area contributed by atoms with Crippen molar-refractivity contribution in [3.63, 3.8) is 0 Å². The van der Waals surface area contributed by atoms with Gasteiger partial charge in [0.15, 0.2) is 5.11 Å². The van der Waals surface area contributed by atoms with Crippen LogP contribution in [0.4, 0.5) is 0 Å². The van der Waals surface area contributed by atoms with E-state index in [-0.39, 0.29) is 0 Å². The Morgan fingerprint density at radius 2 is 2.19 bits per heavy atom. The number of nitrogens with zero attached hydrogens (tertiary/aromatic N) is 2. The molecule has 2 bridgehead atoms. The van der Waals surface area contributed by atoms with Gasteiger partial charge in [-0.1, -0.05) is 12.1 Å². The van der Waals surface area contributed by atoms with Crippen molar-refractivity contribution in [1.82, 2.24) is 15.6 Å². The first-order valence-corrected chi connectivity index (χ1v) is 8.77. The number of halogens is 1. The van der Waals surface area contributed by atoms with E-state index in [9.17, 15) is 0 Å². The highest BCUT2D eigenvalue weighted by atomic mass is 127. The number of hydrogen-bond donors (Lipinski definition) is 2. The molecule has 0 radical (unpaired) electrons. The van der Waals surface area contributed by atoms with Gasteiger partial charge >= 0.3 is 0 Å². The number of hydrazone groups is 1. The standard InChI is InChI=1S/C15H19IN4S/c16-13-3-1-2-11(8-13)9-17-19-15(21)18-14-10-20-6-4-12(14)5-7-20/h1-3,8-9,12,14H,4-7,10H2,(H2,18,19,21)/b17-9-. The second-order valence-corrected chi connectivity index (χ2v) is 7.30. The van der Waals surface area contributed by atoms with Crippen molar-refractivity contribution in [2.24, 2.45) is 11.0 Å². The van der Waals surface area contributed by atoms with E-state index in [0.717, 1.165) is 18.0 Å². The van der Waals surface area contributed by atoms with Gasteiger partial charge < -0.3 is 10.2 Å². The van der Waals surface area contributed by atoms with Crippen LogP contribution < -0.4 is 10.7 Å². The van der Waals surface area contributed by atoms with E-state index in [4.69, 9.17) is 12.2 Å². The maximum atomic E-state index is 5.34. The molecular formula is C15H19IN4S. The first kappa shape index (κ1) is 15.2. The summed E-state index contributed by atoms with van der Waals surface area (Å²) >= 11 is 7.63. The Bertz CT molecular complexity index is 540. The fourth-order valence-electron chi connectivity index (χ4n) is 3.08. The Morgan fingerprint density at radius 3 is 2.86 bits per heavy atom. The molecular weight excluding hydrogens is 395 g/mol. The first-order valence-electron chi connectivity index (χ1n) is 7.28. The van der Waals surface area contributed by atoms with Gasteiger partial charge in [0.05, 0.1) is 6.21 Å². The molecule has 3 aliphatic heterocycles. The highest BCUT2D eigenvalue weighted by Gasteiger charge is 2.34. The average molecular weight is 414 g/mol. The van der Waals surface area contributed by atoms with Gasteiger partial charge in [0.2, 0.25) is 0 Å². The third kappa shape index (κ3) is 4.14. The zero-order chi connectivity index (χ0) is 14.7. The fourth-order valence-corrected chi connectivity index (χ4v) is 3.85. The van der Waals surface area contributed by atoms with Crippen LogP contribution in [0.25, 0.3) is 0 Å². The van der Waals surface area contributed by atoms with Gasteiger partial charge in [0.25, 0.3) is 0 Å². The summed E-state index contributed by atoms with van der Waals surface area (Å²) in [7, 11) is 0. The van der Waals surface area contributed by atoms with Crippen molar-refractivity contribution in [3.8, 4) is 0 Å². The predicted octanol–water partition coefficient (Wildman–Crippen LogP) is 2.18. The molecule has 3 fully saturated rings. The molecule has 1 aromatic carbocycles. The van der Waals surface area contributed by atoms with E-state index in [2.05, 4.69) is 55.5 Å². The van der Waals surface area contributed by atoms with Crippen LogP contribution in [0.15, 0.2) is 29.4 Å². The van der Waals surface area contributed by atoms with Crippen LogP contribution in [0.1, 0.15) is 18.4 Å². The van der Waals surface area contributed by atoms with Crippen molar-refractivity contribution in [2.45, 2.75) is 18.9 Å². The van der Waals surface area contributed by atoms with E-state index in [0.29, 0.717) is 11.2 Å². The minimum absolute atomic E-state index is 0.473. The van der Waals surface area contributed by atoms with E-state index in [1.807, 2.05) is 12.1 Å². The van der Waals surface area contributed by atoms with Gasteiger partial charge in [0, 0.05) is 16.2 Å². The van der Waals surface area contributed by atoms with Gasteiger partial charge in [-0.05, 0) is 84.4 Å². The first-order chi connectivity index (χ1) is 10.2. The van der Waals surface area contributed by atoms with Gasteiger partial charge in [-0.2, -0.15) is 5.10 Å². The monoisotopic (exact) mass is 414 g/mol. The second-order valence-electron chi connectivity index (χ2n) is 5.64. The van der Waals surface area contributed by atoms with Crippen LogP contribution in [0, 0.1) is 9.49 Å². The Morgan fingerprint density at radius 1 is 1.38 bits per heavy atom. The van der Waals surface area contributed by atoms with Crippen LogP contribution in [0.5, 0.6) is 0 Å². The summed E-state index contributed by atoms with van der Waals surface area (Å²) in [6.45, 7) is 3.59. The summed E-state index contributed by atoms with van der Waals surface area (Å²) in [5, 5.41) is 8.25. The fraction of sp³-hybridized carbons (Fsp3) is 0.467. The number of rotatable bonds is 3. The molecule has 1 aromatic rings. The van der Waals surface area contributed by atoms with Crippen molar-refractivity contribution >= 4 is 46.1 Å². The van der Waals surface area contributed by atoms with Crippen molar-refractivity contribution < 1.29 is 0 Å². The maximum absolute atomic E-state index is 5.34. The summed E-state index contributed by atoms with van der Waals surface area (Å²) < 4.78 is 1.20. The number of nitrogens with one attached hydrogen (secondary N) is 2. The molecule has 0 spiro atoms. The maximum Gasteiger partial charge on any atom is 0.187 e.